The first-order valence-corrected chi connectivity index (χ1v) is 11.1. The highest BCUT2D eigenvalue weighted by Crippen LogP contribution is 2.34. The second-order valence-corrected chi connectivity index (χ2v) is 7.77. The minimum absolute atomic E-state index is 0.0265. The van der Waals surface area contributed by atoms with Crippen molar-refractivity contribution >= 4 is 35.3 Å². The highest BCUT2D eigenvalue weighted by atomic mass is 35.5. The molecule has 37 heavy (non-hydrogen) atoms. The maximum absolute atomic E-state index is 13.8. The van der Waals surface area contributed by atoms with E-state index in [0.29, 0.717) is 35.3 Å². The van der Waals surface area contributed by atoms with Crippen molar-refractivity contribution in [3.05, 3.63) is 88.2 Å². The number of carbonyl (C=O) groups excluding carboxylic acids is 2. The van der Waals surface area contributed by atoms with Gasteiger partial charge in [-0.2, -0.15) is 18.3 Å². The van der Waals surface area contributed by atoms with Crippen molar-refractivity contribution in [2.24, 2.45) is 5.10 Å². The number of carbonyl (C=O) groups is 2. The van der Waals surface area contributed by atoms with E-state index < -0.39 is 29.4 Å². The fourth-order valence-corrected chi connectivity index (χ4v) is 3.12. The Kier molecular flexibility index (Phi) is 9.07. The Morgan fingerprint density at radius 2 is 1.76 bits per heavy atom. The molecule has 0 saturated carbocycles. The first-order valence-electron chi connectivity index (χ1n) is 10.7. The van der Waals surface area contributed by atoms with Gasteiger partial charge in [0.25, 0.3) is 0 Å². The Morgan fingerprint density at radius 1 is 1.00 bits per heavy atom. The molecule has 0 aliphatic rings. The van der Waals surface area contributed by atoms with Gasteiger partial charge in [0.15, 0.2) is 11.5 Å². The summed E-state index contributed by atoms with van der Waals surface area (Å²) in [4.78, 5) is 24.1. The van der Waals surface area contributed by atoms with E-state index in [1.54, 1.807) is 43.3 Å². The lowest BCUT2D eigenvalue weighted by Gasteiger charge is -2.13. The zero-order valence-corrected chi connectivity index (χ0v) is 20.0. The van der Waals surface area contributed by atoms with Crippen LogP contribution in [0.2, 0.25) is 5.02 Å². The number of halogens is 5. The van der Waals surface area contributed by atoms with Crippen molar-refractivity contribution < 1.29 is 36.6 Å². The molecule has 3 aromatic rings. The second-order valence-electron chi connectivity index (χ2n) is 7.36. The van der Waals surface area contributed by atoms with Crippen molar-refractivity contribution in [2.75, 3.05) is 11.9 Å². The number of hydrazone groups is 1. The normalized spacial score (nSPS) is 11.3. The predicted molar refractivity (Wildman–Crippen MR) is 129 cm³/mol. The quantitative estimate of drug-likeness (QED) is 0.170. The summed E-state index contributed by atoms with van der Waals surface area (Å²) < 4.78 is 63.7. The van der Waals surface area contributed by atoms with Crippen molar-refractivity contribution in [3.63, 3.8) is 0 Å². The van der Waals surface area contributed by atoms with Crippen molar-refractivity contribution in [3.8, 4) is 11.5 Å². The fourth-order valence-electron chi connectivity index (χ4n) is 2.96. The van der Waals surface area contributed by atoms with Gasteiger partial charge >= 0.3 is 18.0 Å². The van der Waals surface area contributed by atoms with Gasteiger partial charge in [0.2, 0.25) is 0 Å². The number of ether oxygens (including phenoxy) is 2. The van der Waals surface area contributed by atoms with E-state index in [4.69, 9.17) is 21.1 Å². The number of amides is 2. The monoisotopic (exact) mass is 537 g/mol. The molecule has 3 aromatic carbocycles. The Hall–Kier alpha value is -4.12. The molecule has 0 radical (unpaired) electrons. The largest absolute Gasteiger partial charge is 0.490 e. The zero-order valence-electron chi connectivity index (χ0n) is 19.2. The summed E-state index contributed by atoms with van der Waals surface area (Å²) in [5.41, 5.74) is 1.37. The van der Waals surface area contributed by atoms with Crippen LogP contribution in [0.3, 0.4) is 0 Å². The second kappa shape index (κ2) is 12.2. The Balaban J connectivity index is 1.63. The van der Waals surface area contributed by atoms with Crippen LogP contribution < -0.4 is 20.2 Å². The van der Waals surface area contributed by atoms with Gasteiger partial charge in [0.1, 0.15) is 12.4 Å². The highest BCUT2D eigenvalue weighted by molar-refractivity contribution is 6.41. The third-order valence-corrected chi connectivity index (χ3v) is 5.07. The van der Waals surface area contributed by atoms with Crippen LogP contribution in [0, 0.1) is 5.82 Å². The van der Waals surface area contributed by atoms with E-state index in [2.05, 4.69) is 5.10 Å². The molecule has 0 spiro atoms. The number of anilines is 1. The third-order valence-electron chi connectivity index (χ3n) is 4.74. The molecular weight excluding hydrogens is 518 g/mol. The van der Waals surface area contributed by atoms with Gasteiger partial charge < -0.3 is 14.8 Å². The first-order chi connectivity index (χ1) is 17.6. The van der Waals surface area contributed by atoms with E-state index >= 15 is 0 Å². The standard InChI is InChI=1S/C25H20ClF4N3O4/c1-2-36-22-11-15(7-10-21(22)37-14-16-5-3-4-6-19(16)27)13-31-33-24(35)23(34)32-20-12-17(25(28,29)30)8-9-18(20)26/h3-13H,2,14H2,1H3,(H,32,34)(H,33,35). The lowest BCUT2D eigenvalue weighted by molar-refractivity contribution is -0.137. The number of hydrogen-bond acceptors (Lipinski definition) is 5. The molecule has 0 fully saturated rings. The number of nitrogens with zero attached hydrogens (tertiary/aromatic N) is 1. The molecule has 0 aliphatic carbocycles. The van der Waals surface area contributed by atoms with Crippen LogP contribution in [0.5, 0.6) is 11.5 Å². The van der Waals surface area contributed by atoms with Gasteiger partial charge in [-0.3, -0.25) is 9.59 Å². The zero-order chi connectivity index (χ0) is 27.0. The summed E-state index contributed by atoms with van der Waals surface area (Å²) >= 11 is 5.81. The lowest BCUT2D eigenvalue weighted by Crippen LogP contribution is -2.32. The Bertz CT molecular complexity index is 1320. The minimum Gasteiger partial charge on any atom is -0.490 e. The fraction of sp³-hybridized carbons (Fsp3) is 0.160. The minimum atomic E-state index is -4.66. The molecule has 2 N–H and O–H groups in total. The lowest BCUT2D eigenvalue weighted by atomic mass is 10.2. The molecule has 2 amide bonds. The summed E-state index contributed by atoms with van der Waals surface area (Å²) in [6.07, 6.45) is -3.44. The van der Waals surface area contributed by atoms with E-state index in [1.807, 2.05) is 10.7 Å². The number of hydrogen-bond donors (Lipinski definition) is 2. The van der Waals surface area contributed by atoms with E-state index in [9.17, 15) is 27.2 Å². The summed E-state index contributed by atoms with van der Waals surface area (Å²) in [7, 11) is 0. The molecule has 12 heteroatoms. The van der Waals surface area contributed by atoms with Crippen LogP contribution in [-0.4, -0.2) is 24.6 Å². The smallest absolute Gasteiger partial charge is 0.416 e. The van der Waals surface area contributed by atoms with Crippen LogP contribution in [0.1, 0.15) is 23.6 Å². The van der Waals surface area contributed by atoms with Crippen LogP contribution >= 0.6 is 11.6 Å². The molecule has 0 aliphatic heterocycles. The van der Waals surface area contributed by atoms with E-state index in [0.717, 1.165) is 12.1 Å². The van der Waals surface area contributed by atoms with Crippen LogP contribution in [-0.2, 0) is 22.4 Å². The van der Waals surface area contributed by atoms with Crippen molar-refractivity contribution in [1.29, 1.82) is 0 Å². The third kappa shape index (κ3) is 7.68. The average molecular weight is 538 g/mol. The van der Waals surface area contributed by atoms with Crippen molar-refractivity contribution in [2.45, 2.75) is 19.7 Å². The van der Waals surface area contributed by atoms with Gasteiger partial charge in [-0.25, -0.2) is 9.82 Å². The van der Waals surface area contributed by atoms with Gasteiger partial charge in [-0.1, -0.05) is 29.8 Å². The maximum Gasteiger partial charge on any atom is 0.416 e. The molecule has 0 unspecified atom stereocenters. The molecule has 0 atom stereocenters. The number of nitrogens with one attached hydrogen (secondary N) is 2. The Morgan fingerprint density at radius 3 is 2.46 bits per heavy atom. The summed E-state index contributed by atoms with van der Waals surface area (Å²) in [6.45, 7) is 2.05. The van der Waals surface area contributed by atoms with Crippen LogP contribution in [0.15, 0.2) is 65.8 Å². The van der Waals surface area contributed by atoms with Gasteiger partial charge in [-0.15, -0.1) is 0 Å². The SMILES string of the molecule is CCOc1cc(C=NNC(=O)C(=O)Nc2cc(C(F)(F)F)ccc2Cl)ccc1OCc1ccccc1F. The maximum atomic E-state index is 13.8. The molecule has 0 heterocycles. The summed E-state index contributed by atoms with van der Waals surface area (Å²) in [6, 6.07) is 13.2. The molecule has 0 saturated heterocycles. The Labute approximate surface area is 214 Å². The highest BCUT2D eigenvalue weighted by Gasteiger charge is 2.31. The number of rotatable bonds is 8. The molecule has 3 rings (SSSR count). The van der Waals surface area contributed by atoms with Gasteiger partial charge in [-0.05, 0) is 55.0 Å². The molecular formula is C25H20ClF4N3O4. The van der Waals surface area contributed by atoms with Crippen LogP contribution in [0.25, 0.3) is 0 Å². The molecule has 7 nitrogen and oxygen atoms in total. The van der Waals surface area contributed by atoms with Crippen molar-refractivity contribution in [1.82, 2.24) is 5.43 Å². The molecule has 0 bridgehead atoms. The molecule has 194 valence electrons. The number of alkyl halides is 3. The molecule has 0 aromatic heterocycles. The van der Waals surface area contributed by atoms with Gasteiger partial charge in [0, 0.05) is 5.56 Å². The average Bonchev–Trinajstić information content (AvgIpc) is 2.85. The summed E-state index contributed by atoms with van der Waals surface area (Å²) in [5, 5.41) is 5.51. The number of benzene rings is 3. The summed E-state index contributed by atoms with van der Waals surface area (Å²) in [5.74, 6) is -2.22. The van der Waals surface area contributed by atoms with E-state index in [-0.39, 0.29) is 17.3 Å². The first kappa shape index (κ1) is 27.5. The topological polar surface area (TPSA) is 89.0 Å². The van der Waals surface area contributed by atoms with Gasteiger partial charge in [0.05, 0.1) is 29.1 Å². The predicted octanol–water partition coefficient (Wildman–Crippen LogP) is 5.56. The van der Waals surface area contributed by atoms with Crippen LogP contribution in [0.4, 0.5) is 23.2 Å². The van der Waals surface area contributed by atoms with E-state index in [1.165, 1.54) is 12.3 Å².